The van der Waals surface area contributed by atoms with Crippen molar-refractivity contribution in [3.8, 4) is 5.75 Å². The second-order valence-electron chi connectivity index (χ2n) is 5.14. The summed E-state index contributed by atoms with van der Waals surface area (Å²) in [7, 11) is 1.90. The van der Waals surface area contributed by atoms with E-state index in [1.807, 2.05) is 25.2 Å². The zero-order valence-electron chi connectivity index (χ0n) is 11.9. The third-order valence-corrected chi connectivity index (χ3v) is 3.71. The smallest absolute Gasteiger partial charge is 0.223 e. The van der Waals surface area contributed by atoms with E-state index in [2.05, 4.69) is 17.6 Å². The molecule has 0 aliphatic heterocycles. The highest BCUT2D eigenvalue weighted by molar-refractivity contribution is 6.32. The molecule has 1 unspecified atom stereocenters. The van der Waals surface area contributed by atoms with Crippen molar-refractivity contribution in [1.82, 2.24) is 10.6 Å². The number of benzene rings is 1. The Morgan fingerprint density at radius 1 is 1.50 bits per heavy atom. The fourth-order valence-corrected chi connectivity index (χ4v) is 2.09. The van der Waals surface area contributed by atoms with Crippen LogP contribution in [0.25, 0.3) is 0 Å². The van der Waals surface area contributed by atoms with Gasteiger partial charge in [0.25, 0.3) is 0 Å². The standard InChI is InChI=1S/C15H21ClN2O2/c1-10(17-2)11-3-6-14(13(16)9-11)20-8-7-15(19)18-12-4-5-12/h3,6,9-10,12,17H,4-5,7-8H2,1-2H3,(H,18,19). The van der Waals surface area contributed by atoms with Gasteiger partial charge in [-0.3, -0.25) is 4.79 Å². The van der Waals surface area contributed by atoms with Gasteiger partial charge in [-0.25, -0.2) is 0 Å². The minimum Gasteiger partial charge on any atom is -0.491 e. The molecule has 0 radical (unpaired) electrons. The van der Waals surface area contributed by atoms with Crippen LogP contribution < -0.4 is 15.4 Å². The first kappa shape index (κ1) is 15.1. The Morgan fingerprint density at radius 3 is 2.85 bits per heavy atom. The number of halogens is 1. The molecule has 1 aliphatic carbocycles. The Hall–Kier alpha value is -1.26. The lowest BCUT2D eigenvalue weighted by Gasteiger charge is -2.13. The van der Waals surface area contributed by atoms with Gasteiger partial charge in [-0.2, -0.15) is 0 Å². The van der Waals surface area contributed by atoms with Gasteiger partial charge in [0.2, 0.25) is 5.91 Å². The largest absolute Gasteiger partial charge is 0.491 e. The first-order valence-electron chi connectivity index (χ1n) is 6.99. The van der Waals surface area contributed by atoms with E-state index in [0.29, 0.717) is 29.8 Å². The second kappa shape index (κ2) is 6.95. The molecule has 1 aliphatic rings. The maximum atomic E-state index is 11.5. The third kappa shape index (κ3) is 4.39. The van der Waals surface area contributed by atoms with E-state index in [1.165, 1.54) is 0 Å². The monoisotopic (exact) mass is 296 g/mol. The average Bonchev–Trinajstić information content (AvgIpc) is 3.23. The quantitative estimate of drug-likeness (QED) is 0.813. The van der Waals surface area contributed by atoms with Crippen molar-refractivity contribution >= 4 is 17.5 Å². The highest BCUT2D eigenvalue weighted by atomic mass is 35.5. The summed E-state index contributed by atoms with van der Waals surface area (Å²) in [5.41, 5.74) is 1.11. The number of nitrogens with one attached hydrogen (secondary N) is 2. The molecular weight excluding hydrogens is 276 g/mol. The van der Waals surface area contributed by atoms with E-state index in [9.17, 15) is 4.79 Å². The van der Waals surface area contributed by atoms with Crippen molar-refractivity contribution in [2.24, 2.45) is 0 Å². The van der Waals surface area contributed by atoms with Gasteiger partial charge < -0.3 is 15.4 Å². The Kier molecular flexibility index (Phi) is 5.26. The molecule has 2 N–H and O–H groups in total. The summed E-state index contributed by atoms with van der Waals surface area (Å²) in [5.74, 6) is 0.669. The lowest BCUT2D eigenvalue weighted by molar-refractivity contribution is -0.121. The van der Waals surface area contributed by atoms with E-state index < -0.39 is 0 Å². The molecule has 110 valence electrons. The summed E-state index contributed by atoms with van der Waals surface area (Å²) >= 11 is 6.19. The summed E-state index contributed by atoms with van der Waals surface area (Å²) < 4.78 is 5.56. The molecule has 5 heteroatoms. The molecule has 2 rings (SSSR count). The second-order valence-corrected chi connectivity index (χ2v) is 5.55. The van der Waals surface area contributed by atoms with Gasteiger partial charge in [0, 0.05) is 12.1 Å². The minimum atomic E-state index is 0.0454. The molecule has 1 saturated carbocycles. The molecule has 0 bridgehead atoms. The van der Waals surface area contributed by atoms with Gasteiger partial charge in [0.15, 0.2) is 0 Å². The van der Waals surface area contributed by atoms with Crippen LogP contribution in [0.5, 0.6) is 5.75 Å². The number of amides is 1. The fourth-order valence-electron chi connectivity index (χ4n) is 1.85. The highest BCUT2D eigenvalue weighted by Crippen LogP contribution is 2.28. The van der Waals surface area contributed by atoms with Gasteiger partial charge >= 0.3 is 0 Å². The number of hydrogen-bond donors (Lipinski definition) is 2. The van der Waals surface area contributed by atoms with Crippen LogP contribution >= 0.6 is 11.6 Å². The molecule has 1 amide bonds. The molecule has 1 aromatic carbocycles. The first-order chi connectivity index (χ1) is 9.60. The Balaban J connectivity index is 1.81. The molecule has 20 heavy (non-hydrogen) atoms. The molecular formula is C15H21ClN2O2. The normalized spacial score (nSPS) is 15.8. The molecule has 4 nitrogen and oxygen atoms in total. The van der Waals surface area contributed by atoms with Crippen LogP contribution in [0.4, 0.5) is 0 Å². The molecule has 1 atom stereocenters. The highest BCUT2D eigenvalue weighted by Gasteiger charge is 2.22. The minimum absolute atomic E-state index is 0.0454. The van der Waals surface area contributed by atoms with Crippen LogP contribution in [0.1, 0.15) is 37.8 Å². The summed E-state index contributed by atoms with van der Waals surface area (Å²) in [4.78, 5) is 11.5. The summed E-state index contributed by atoms with van der Waals surface area (Å²) in [6.45, 7) is 2.41. The van der Waals surface area contributed by atoms with Gasteiger partial charge in [-0.15, -0.1) is 0 Å². The van der Waals surface area contributed by atoms with Gasteiger partial charge in [0.05, 0.1) is 18.1 Å². The van der Waals surface area contributed by atoms with Crippen LogP contribution in [0.3, 0.4) is 0 Å². The molecule has 0 heterocycles. The van der Waals surface area contributed by atoms with Crippen molar-refractivity contribution in [2.75, 3.05) is 13.7 Å². The topological polar surface area (TPSA) is 50.4 Å². The summed E-state index contributed by atoms with van der Waals surface area (Å²) in [5, 5.41) is 6.66. The maximum absolute atomic E-state index is 11.5. The predicted molar refractivity (Wildman–Crippen MR) is 80.2 cm³/mol. The fraction of sp³-hybridized carbons (Fsp3) is 0.533. The van der Waals surface area contributed by atoms with E-state index in [0.717, 1.165) is 18.4 Å². The Labute approximate surface area is 124 Å². The average molecular weight is 297 g/mol. The van der Waals surface area contributed by atoms with Crippen LogP contribution in [0.2, 0.25) is 5.02 Å². The molecule has 1 fully saturated rings. The summed E-state index contributed by atoms with van der Waals surface area (Å²) in [6, 6.07) is 6.36. The van der Waals surface area contributed by atoms with Gasteiger partial charge in [0.1, 0.15) is 5.75 Å². The Bertz CT molecular complexity index is 475. The molecule has 0 aromatic heterocycles. The number of carbonyl (C=O) groups excluding carboxylic acids is 1. The van der Waals surface area contributed by atoms with E-state index in [1.54, 1.807) is 0 Å². The maximum Gasteiger partial charge on any atom is 0.223 e. The number of rotatable bonds is 7. The first-order valence-corrected chi connectivity index (χ1v) is 7.37. The molecule has 1 aromatic rings. The van der Waals surface area contributed by atoms with E-state index in [-0.39, 0.29) is 11.9 Å². The van der Waals surface area contributed by atoms with Crippen LogP contribution in [-0.2, 0) is 4.79 Å². The zero-order chi connectivity index (χ0) is 14.5. The van der Waals surface area contributed by atoms with E-state index >= 15 is 0 Å². The summed E-state index contributed by atoms with van der Waals surface area (Å²) in [6.07, 6.45) is 2.56. The number of hydrogen-bond acceptors (Lipinski definition) is 3. The van der Waals surface area contributed by atoms with Crippen LogP contribution in [-0.4, -0.2) is 25.6 Å². The predicted octanol–water partition coefficient (Wildman–Crippen LogP) is 2.67. The zero-order valence-corrected chi connectivity index (χ0v) is 12.7. The number of carbonyl (C=O) groups is 1. The van der Waals surface area contributed by atoms with Gasteiger partial charge in [-0.1, -0.05) is 17.7 Å². The van der Waals surface area contributed by atoms with E-state index in [4.69, 9.17) is 16.3 Å². The van der Waals surface area contributed by atoms with Crippen molar-refractivity contribution in [3.63, 3.8) is 0 Å². The molecule has 0 spiro atoms. The van der Waals surface area contributed by atoms with Crippen LogP contribution in [0.15, 0.2) is 18.2 Å². The SMILES string of the molecule is CNC(C)c1ccc(OCCC(=O)NC2CC2)c(Cl)c1. The molecule has 0 saturated heterocycles. The third-order valence-electron chi connectivity index (χ3n) is 3.42. The number of ether oxygens (including phenoxy) is 1. The van der Waals surface area contributed by atoms with Crippen molar-refractivity contribution in [3.05, 3.63) is 28.8 Å². The Morgan fingerprint density at radius 2 is 2.25 bits per heavy atom. The lowest BCUT2D eigenvalue weighted by Crippen LogP contribution is -2.26. The van der Waals surface area contributed by atoms with Crippen molar-refractivity contribution < 1.29 is 9.53 Å². The van der Waals surface area contributed by atoms with Gasteiger partial charge in [-0.05, 0) is 44.5 Å². The van der Waals surface area contributed by atoms with Crippen LogP contribution in [0, 0.1) is 0 Å². The van der Waals surface area contributed by atoms with Crippen molar-refractivity contribution in [1.29, 1.82) is 0 Å². The lowest BCUT2D eigenvalue weighted by atomic mass is 10.1. The van der Waals surface area contributed by atoms with Crippen molar-refractivity contribution in [2.45, 2.75) is 38.3 Å².